The number of rotatable bonds is 6. The fraction of sp³-hybridized carbons (Fsp3) is 0.240. The van der Waals surface area contributed by atoms with E-state index in [0.717, 1.165) is 16.0 Å². The van der Waals surface area contributed by atoms with Gasteiger partial charge in [-0.3, -0.25) is 14.7 Å². The highest BCUT2D eigenvalue weighted by Gasteiger charge is 2.40. The van der Waals surface area contributed by atoms with Crippen molar-refractivity contribution in [1.29, 1.82) is 0 Å². The molecule has 0 saturated carbocycles. The van der Waals surface area contributed by atoms with E-state index in [4.69, 9.17) is 4.74 Å². The highest BCUT2D eigenvalue weighted by Crippen LogP contribution is 2.35. The summed E-state index contributed by atoms with van der Waals surface area (Å²) in [7, 11) is 1.49. The van der Waals surface area contributed by atoms with Crippen molar-refractivity contribution in [2.45, 2.75) is 32.4 Å². The van der Waals surface area contributed by atoms with Crippen LogP contribution in [0.2, 0.25) is 0 Å². The third kappa shape index (κ3) is 5.06. The number of carbonyl (C=O) groups is 2. The highest BCUT2D eigenvalue weighted by atomic mass is 16.5. The molecule has 2 amide bonds. The summed E-state index contributed by atoms with van der Waals surface area (Å²) in [4.78, 5) is 30.8. The van der Waals surface area contributed by atoms with Crippen molar-refractivity contribution in [2.24, 2.45) is 0 Å². The Balaban J connectivity index is 1.96. The number of para-hydroxylation sites is 1. The number of nitrogens with one attached hydrogen (secondary N) is 1. The Kier molecular flexibility index (Phi) is 6.78. The number of amides is 2. The fourth-order valence-electron chi connectivity index (χ4n) is 3.58. The minimum Gasteiger partial charge on any atom is -0.496 e. The second-order valence-corrected chi connectivity index (χ2v) is 8.27. The van der Waals surface area contributed by atoms with E-state index in [1.807, 2.05) is 24.3 Å². The fourth-order valence-corrected chi connectivity index (χ4v) is 3.58. The third-order valence-corrected chi connectivity index (χ3v) is 5.03. The standard InChI is InChI=1S/C25H27N3O4/c1-25(2,3)28(24(30)31)22(20-7-5-6-8-21(20)32-4)23(29)27-19-11-9-17(10-12-19)18-13-15-26-16-14-18/h5-16,22H,1-4H3,(H,27,29)(H,30,31). The summed E-state index contributed by atoms with van der Waals surface area (Å²) < 4.78 is 5.43. The van der Waals surface area contributed by atoms with Crippen LogP contribution in [0.1, 0.15) is 32.4 Å². The Morgan fingerprint density at radius 3 is 2.12 bits per heavy atom. The van der Waals surface area contributed by atoms with E-state index >= 15 is 0 Å². The molecule has 0 aliphatic heterocycles. The van der Waals surface area contributed by atoms with E-state index in [-0.39, 0.29) is 0 Å². The largest absolute Gasteiger partial charge is 0.496 e. The van der Waals surface area contributed by atoms with Crippen LogP contribution in [-0.4, -0.2) is 39.6 Å². The lowest BCUT2D eigenvalue weighted by Gasteiger charge is -2.39. The molecule has 0 aliphatic rings. The zero-order chi connectivity index (χ0) is 23.3. The first-order chi connectivity index (χ1) is 15.2. The number of ether oxygens (including phenoxy) is 1. The van der Waals surface area contributed by atoms with Gasteiger partial charge in [-0.1, -0.05) is 30.3 Å². The van der Waals surface area contributed by atoms with Gasteiger partial charge < -0.3 is 15.2 Å². The molecule has 0 fully saturated rings. The summed E-state index contributed by atoms with van der Waals surface area (Å²) in [6.07, 6.45) is 2.24. The van der Waals surface area contributed by atoms with Crippen LogP contribution in [0.25, 0.3) is 11.1 Å². The molecular weight excluding hydrogens is 406 g/mol. The van der Waals surface area contributed by atoms with Crippen LogP contribution in [0, 0.1) is 0 Å². The monoisotopic (exact) mass is 433 g/mol. The molecule has 1 atom stereocenters. The maximum Gasteiger partial charge on any atom is 0.408 e. The number of anilines is 1. The van der Waals surface area contributed by atoms with E-state index < -0.39 is 23.6 Å². The van der Waals surface area contributed by atoms with Crippen LogP contribution in [-0.2, 0) is 4.79 Å². The molecule has 32 heavy (non-hydrogen) atoms. The van der Waals surface area contributed by atoms with Crippen molar-refractivity contribution in [2.75, 3.05) is 12.4 Å². The van der Waals surface area contributed by atoms with Crippen molar-refractivity contribution in [3.05, 3.63) is 78.6 Å². The smallest absolute Gasteiger partial charge is 0.408 e. The van der Waals surface area contributed by atoms with Gasteiger partial charge in [-0.2, -0.15) is 0 Å². The van der Waals surface area contributed by atoms with Gasteiger partial charge in [0.05, 0.1) is 7.11 Å². The normalized spacial score (nSPS) is 12.0. The number of aromatic nitrogens is 1. The number of hydrogen-bond donors (Lipinski definition) is 2. The molecule has 3 rings (SSSR count). The Bertz CT molecular complexity index is 1080. The van der Waals surface area contributed by atoms with Gasteiger partial charge in [0.25, 0.3) is 5.91 Å². The number of benzene rings is 2. The van der Waals surface area contributed by atoms with Crippen LogP contribution in [0.4, 0.5) is 10.5 Å². The number of nitrogens with zero attached hydrogens (tertiary/aromatic N) is 2. The Labute approximate surface area is 187 Å². The van der Waals surface area contributed by atoms with Crippen LogP contribution < -0.4 is 10.1 Å². The molecule has 0 spiro atoms. The molecule has 2 N–H and O–H groups in total. The first-order valence-electron chi connectivity index (χ1n) is 10.2. The summed E-state index contributed by atoms with van der Waals surface area (Å²) in [6, 6.07) is 17.0. The zero-order valence-electron chi connectivity index (χ0n) is 18.6. The molecule has 1 aromatic heterocycles. The summed E-state index contributed by atoms with van der Waals surface area (Å²) in [5.74, 6) is -0.0281. The van der Waals surface area contributed by atoms with Gasteiger partial charge >= 0.3 is 6.09 Å². The van der Waals surface area contributed by atoms with Gasteiger partial charge in [-0.05, 0) is 62.2 Å². The molecule has 3 aromatic rings. The van der Waals surface area contributed by atoms with Crippen LogP contribution >= 0.6 is 0 Å². The molecule has 166 valence electrons. The molecule has 2 aromatic carbocycles. The second kappa shape index (κ2) is 9.51. The molecule has 0 bridgehead atoms. The van der Waals surface area contributed by atoms with Gasteiger partial charge in [0.1, 0.15) is 11.8 Å². The first kappa shape index (κ1) is 22.8. The lowest BCUT2D eigenvalue weighted by atomic mass is 9.96. The van der Waals surface area contributed by atoms with Crippen molar-refractivity contribution in [1.82, 2.24) is 9.88 Å². The molecule has 1 heterocycles. The Hall–Kier alpha value is -3.87. The first-order valence-corrected chi connectivity index (χ1v) is 10.2. The van der Waals surface area contributed by atoms with E-state index in [0.29, 0.717) is 17.0 Å². The number of carboxylic acid groups (broad SMARTS) is 1. The molecular formula is C25H27N3O4. The van der Waals surface area contributed by atoms with E-state index in [2.05, 4.69) is 10.3 Å². The molecule has 7 heteroatoms. The molecule has 0 radical (unpaired) electrons. The summed E-state index contributed by atoms with van der Waals surface area (Å²) >= 11 is 0. The SMILES string of the molecule is COc1ccccc1C(C(=O)Nc1ccc(-c2ccncc2)cc1)N(C(=O)O)C(C)(C)C. The quantitative estimate of drug-likeness (QED) is 0.556. The van der Waals surface area contributed by atoms with Crippen LogP contribution in [0.15, 0.2) is 73.1 Å². The van der Waals surface area contributed by atoms with Gasteiger partial charge in [0.15, 0.2) is 0 Å². The lowest BCUT2D eigenvalue weighted by molar-refractivity contribution is -0.122. The lowest BCUT2D eigenvalue weighted by Crippen LogP contribution is -2.50. The van der Waals surface area contributed by atoms with Gasteiger partial charge in [0, 0.05) is 29.2 Å². The highest BCUT2D eigenvalue weighted by molar-refractivity contribution is 5.98. The van der Waals surface area contributed by atoms with Crippen molar-refractivity contribution in [3.63, 3.8) is 0 Å². The van der Waals surface area contributed by atoms with Gasteiger partial charge in [-0.25, -0.2) is 4.79 Å². The summed E-state index contributed by atoms with van der Waals surface area (Å²) in [5, 5.41) is 12.8. The number of hydrogen-bond acceptors (Lipinski definition) is 4. The number of methoxy groups -OCH3 is 1. The van der Waals surface area contributed by atoms with Gasteiger partial charge in [0.2, 0.25) is 0 Å². The second-order valence-electron chi connectivity index (χ2n) is 8.27. The predicted molar refractivity (Wildman–Crippen MR) is 124 cm³/mol. The van der Waals surface area contributed by atoms with Crippen molar-refractivity contribution < 1.29 is 19.4 Å². The number of pyridine rings is 1. The Morgan fingerprint density at radius 2 is 1.56 bits per heavy atom. The van der Waals surface area contributed by atoms with Crippen LogP contribution in [0.3, 0.4) is 0 Å². The van der Waals surface area contributed by atoms with E-state index in [1.54, 1.807) is 69.6 Å². The predicted octanol–water partition coefficient (Wildman–Crippen LogP) is 5.22. The molecule has 7 nitrogen and oxygen atoms in total. The summed E-state index contributed by atoms with van der Waals surface area (Å²) in [5.41, 5.74) is 2.19. The van der Waals surface area contributed by atoms with Crippen molar-refractivity contribution in [3.8, 4) is 16.9 Å². The molecule has 0 saturated heterocycles. The van der Waals surface area contributed by atoms with Crippen molar-refractivity contribution >= 4 is 17.7 Å². The van der Waals surface area contributed by atoms with Gasteiger partial charge in [-0.15, -0.1) is 0 Å². The topological polar surface area (TPSA) is 91.8 Å². The maximum absolute atomic E-state index is 13.4. The molecule has 0 aliphatic carbocycles. The summed E-state index contributed by atoms with van der Waals surface area (Å²) in [6.45, 7) is 5.25. The van der Waals surface area contributed by atoms with E-state index in [9.17, 15) is 14.7 Å². The van der Waals surface area contributed by atoms with Crippen LogP contribution in [0.5, 0.6) is 5.75 Å². The van der Waals surface area contributed by atoms with E-state index in [1.165, 1.54) is 7.11 Å². The minimum absolute atomic E-state index is 0.441. The maximum atomic E-state index is 13.4. The Morgan fingerprint density at radius 1 is 0.969 bits per heavy atom. The molecule has 1 unspecified atom stereocenters. The third-order valence-electron chi connectivity index (χ3n) is 5.03. The average molecular weight is 434 g/mol. The number of carbonyl (C=O) groups excluding carboxylic acids is 1. The minimum atomic E-state index is -1.20. The average Bonchev–Trinajstić information content (AvgIpc) is 2.77. The zero-order valence-corrected chi connectivity index (χ0v) is 18.6.